The van der Waals surface area contributed by atoms with Gasteiger partial charge in [-0.1, -0.05) is 17.3 Å². The summed E-state index contributed by atoms with van der Waals surface area (Å²) in [6.45, 7) is 0. The van der Waals surface area contributed by atoms with E-state index in [0.29, 0.717) is 17.5 Å². The van der Waals surface area contributed by atoms with E-state index in [4.69, 9.17) is 10.3 Å². The second-order valence-corrected chi connectivity index (χ2v) is 5.11. The van der Waals surface area contributed by atoms with Gasteiger partial charge in [-0.2, -0.15) is 5.10 Å². The highest BCUT2D eigenvalue weighted by Gasteiger charge is 2.27. The maximum atomic E-state index is 5.60. The highest BCUT2D eigenvalue weighted by atomic mass is 16.5. The third-order valence-electron chi connectivity index (χ3n) is 3.57. The minimum Gasteiger partial charge on any atom is -0.381 e. The van der Waals surface area contributed by atoms with Crippen LogP contribution in [0.4, 0.5) is 5.82 Å². The third-order valence-corrected chi connectivity index (χ3v) is 3.57. The van der Waals surface area contributed by atoms with Gasteiger partial charge in [-0.15, -0.1) is 0 Å². The van der Waals surface area contributed by atoms with Crippen molar-refractivity contribution in [3.05, 3.63) is 48.3 Å². The van der Waals surface area contributed by atoms with Gasteiger partial charge in [-0.25, -0.2) is 4.68 Å². The van der Waals surface area contributed by atoms with Crippen LogP contribution in [0.5, 0.6) is 0 Å². The number of rotatable bonds is 3. The van der Waals surface area contributed by atoms with E-state index in [-0.39, 0.29) is 0 Å². The molecule has 1 saturated carbocycles. The number of hydrogen-bond donors (Lipinski definition) is 1. The van der Waals surface area contributed by atoms with Crippen LogP contribution in [0.25, 0.3) is 17.0 Å². The minimum absolute atomic E-state index is 0.392. The molecule has 1 fully saturated rings. The summed E-state index contributed by atoms with van der Waals surface area (Å²) in [4.78, 5) is 0. The van der Waals surface area contributed by atoms with E-state index >= 15 is 0 Å². The molecule has 0 bridgehead atoms. The number of benzene rings is 1. The molecule has 2 N–H and O–H groups in total. The molecule has 4 rings (SSSR count). The van der Waals surface area contributed by atoms with Crippen molar-refractivity contribution in [2.45, 2.75) is 18.8 Å². The lowest BCUT2D eigenvalue weighted by Gasteiger charge is -2.07. The second kappa shape index (κ2) is 4.23. The Morgan fingerprint density at radius 2 is 2.10 bits per heavy atom. The van der Waals surface area contributed by atoms with Crippen molar-refractivity contribution in [1.82, 2.24) is 14.9 Å². The molecule has 5 nitrogen and oxygen atoms in total. The number of anilines is 1. The summed E-state index contributed by atoms with van der Waals surface area (Å²) in [5.74, 6) is 1.72. The Morgan fingerprint density at radius 3 is 2.85 bits per heavy atom. The van der Waals surface area contributed by atoms with Gasteiger partial charge in [-0.3, -0.25) is 0 Å². The first-order valence-electron chi connectivity index (χ1n) is 6.68. The first-order valence-corrected chi connectivity index (χ1v) is 6.68. The summed E-state index contributed by atoms with van der Waals surface area (Å²) < 4.78 is 7.21. The lowest BCUT2D eigenvalue weighted by Crippen LogP contribution is -2.00. The Labute approximate surface area is 116 Å². The molecule has 2 heterocycles. The summed E-state index contributed by atoms with van der Waals surface area (Å²) >= 11 is 0. The number of aromatic nitrogens is 3. The third kappa shape index (κ3) is 1.87. The van der Waals surface area contributed by atoms with Crippen LogP contribution < -0.4 is 5.73 Å². The van der Waals surface area contributed by atoms with E-state index in [2.05, 4.69) is 16.3 Å². The molecule has 0 aliphatic heterocycles. The molecule has 20 heavy (non-hydrogen) atoms. The maximum Gasteiger partial charge on any atom is 0.169 e. The van der Waals surface area contributed by atoms with Crippen LogP contribution in [0.15, 0.2) is 47.1 Å². The highest BCUT2D eigenvalue weighted by Crippen LogP contribution is 2.40. The average molecular weight is 266 g/mol. The molecule has 0 spiro atoms. The van der Waals surface area contributed by atoms with Crippen molar-refractivity contribution in [2.75, 3.05) is 5.73 Å². The Morgan fingerprint density at radius 1 is 1.20 bits per heavy atom. The Hall–Kier alpha value is -2.56. The molecule has 0 radical (unpaired) electrons. The van der Waals surface area contributed by atoms with Crippen LogP contribution in [0, 0.1) is 0 Å². The second-order valence-electron chi connectivity index (χ2n) is 5.11. The number of nitrogen functional groups attached to an aromatic ring is 1. The number of hydrogen-bond acceptors (Lipinski definition) is 4. The predicted octanol–water partition coefficient (Wildman–Crippen LogP) is 2.99. The van der Waals surface area contributed by atoms with Gasteiger partial charge in [0.05, 0.1) is 5.69 Å². The van der Waals surface area contributed by atoms with Gasteiger partial charge in [0.25, 0.3) is 0 Å². The molecule has 0 atom stereocenters. The van der Waals surface area contributed by atoms with E-state index < -0.39 is 0 Å². The smallest absolute Gasteiger partial charge is 0.169 e. The lowest BCUT2D eigenvalue weighted by molar-refractivity contribution is 0.436. The normalized spacial score (nSPS) is 14.6. The molecule has 0 saturated heterocycles. The fourth-order valence-electron chi connectivity index (χ4n) is 2.43. The van der Waals surface area contributed by atoms with Gasteiger partial charge >= 0.3 is 0 Å². The fraction of sp³-hybridized carbons (Fsp3) is 0.200. The summed E-state index contributed by atoms with van der Waals surface area (Å²) in [6.07, 6.45) is 4.36. The molecule has 3 aromatic rings. The highest BCUT2D eigenvalue weighted by molar-refractivity contribution is 5.63. The number of nitrogens with zero attached hydrogens (tertiary/aromatic N) is 3. The molecule has 0 unspecified atom stereocenters. The maximum absolute atomic E-state index is 5.60. The van der Waals surface area contributed by atoms with Crippen molar-refractivity contribution in [1.29, 1.82) is 0 Å². The van der Waals surface area contributed by atoms with Gasteiger partial charge in [-0.05, 0) is 31.0 Å². The molecule has 1 aliphatic rings. The summed E-state index contributed by atoms with van der Waals surface area (Å²) in [5.41, 5.74) is 8.86. The summed E-state index contributed by atoms with van der Waals surface area (Å²) in [5, 5.41) is 8.15. The quantitative estimate of drug-likeness (QED) is 0.791. The molecule has 0 amide bonds. The lowest BCUT2D eigenvalue weighted by atomic mass is 10.1. The van der Waals surface area contributed by atoms with Crippen molar-refractivity contribution >= 4 is 5.82 Å². The van der Waals surface area contributed by atoms with Gasteiger partial charge < -0.3 is 10.3 Å². The van der Waals surface area contributed by atoms with E-state index in [1.165, 1.54) is 18.5 Å². The molecule has 5 heteroatoms. The molecular formula is C15H14N4O. The Balaban J connectivity index is 1.77. The molecule has 2 aromatic heterocycles. The van der Waals surface area contributed by atoms with Gasteiger partial charge in [0.1, 0.15) is 0 Å². The van der Waals surface area contributed by atoms with Crippen molar-refractivity contribution in [2.24, 2.45) is 0 Å². The standard InChI is InChI=1S/C15H14N4O/c16-15-9-14(20-18-15)11-2-1-3-12(8-11)19-13(6-7-17-19)10-4-5-10/h1-3,6-10H,4-5H2,(H2,16,18). The topological polar surface area (TPSA) is 69.9 Å². The van der Waals surface area contributed by atoms with Crippen molar-refractivity contribution in [3.8, 4) is 17.0 Å². The van der Waals surface area contributed by atoms with Gasteiger partial charge in [0.15, 0.2) is 11.6 Å². The summed E-state index contributed by atoms with van der Waals surface area (Å²) in [6, 6.07) is 11.9. The molecular weight excluding hydrogens is 252 g/mol. The van der Waals surface area contributed by atoms with Crippen molar-refractivity contribution < 1.29 is 4.52 Å². The van der Waals surface area contributed by atoms with Crippen LogP contribution in [-0.2, 0) is 0 Å². The van der Waals surface area contributed by atoms with Crippen LogP contribution in [0.1, 0.15) is 24.5 Å². The molecule has 100 valence electrons. The number of nitrogens with two attached hydrogens (primary N) is 1. The van der Waals surface area contributed by atoms with Crippen LogP contribution in [0.3, 0.4) is 0 Å². The minimum atomic E-state index is 0.392. The predicted molar refractivity (Wildman–Crippen MR) is 75.4 cm³/mol. The molecule has 1 aromatic carbocycles. The summed E-state index contributed by atoms with van der Waals surface area (Å²) in [7, 11) is 0. The Kier molecular flexibility index (Phi) is 2.39. The first-order chi connectivity index (χ1) is 9.81. The van der Waals surface area contributed by atoms with E-state index in [1.54, 1.807) is 6.07 Å². The zero-order valence-electron chi connectivity index (χ0n) is 10.9. The van der Waals surface area contributed by atoms with E-state index in [1.807, 2.05) is 35.1 Å². The fourth-order valence-corrected chi connectivity index (χ4v) is 2.43. The van der Waals surface area contributed by atoms with Crippen molar-refractivity contribution in [3.63, 3.8) is 0 Å². The van der Waals surface area contributed by atoms with E-state index in [0.717, 1.165) is 11.3 Å². The molecule has 1 aliphatic carbocycles. The largest absolute Gasteiger partial charge is 0.381 e. The first kappa shape index (κ1) is 11.3. The van der Waals surface area contributed by atoms with Gasteiger partial charge in [0, 0.05) is 29.4 Å². The van der Waals surface area contributed by atoms with Gasteiger partial charge in [0.2, 0.25) is 0 Å². The van der Waals surface area contributed by atoms with Crippen LogP contribution in [-0.4, -0.2) is 14.9 Å². The zero-order valence-corrected chi connectivity index (χ0v) is 10.9. The average Bonchev–Trinajstić information content (AvgIpc) is 3.03. The SMILES string of the molecule is Nc1cc(-c2cccc(-n3nccc3C3CC3)c2)on1. The zero-order chi connectivity index (χ0) is 13.5. The Bertz CT molecular complexity index is 755. The monoisotopic (exact) mass is 266 g/mol. The van der Waals surface area contributed by atoms with Crippen LogP contribution >= 0.6 is 0 Å². The van der Waals surface area contributed by atoms with E-state index in [9.17, 15) is 0 Å². The van der Waals surface area contributed by atoms with Crippen LogP contribution in [0.2, 0.25) is 0 Å².